The highest BCUT2D eigenvalue weighted by molar-refractivity contribution is 4.72. The quantitative estimate of drug-likeness (QED) is 0.741. The summed E-state index contributed by atoms with van der Waals surface area (Å²) in [5.74, 6) is 0.496. The van der Waals surface area contributed by atoms with Gasteiger partial charge in [-0.15, -0.1) is 0 Å². The Morgan fingerprint density at radius 1 is 1.29 bits per heavy atom. The molecule has 84 valence electrons. The van der Waals surface area contributed by atoms with Gasteiger partial charge in [0.2, 0.25) is 0 Å². The number of nitrogens with one attached hydrogen (secondary N) is 1. The second-order valence-corrected chi connectivity index (χ2v) is 3.87. The number of rotatable bonds is 4. The molecule has 1 aliphatic carbocycles. The van der Waals surface area contributed by atoms with Crippen molar-refractivity contribution in [2.24, 2.45) is 5.92 Å². The molecule has 0 heterocycles. The van der Waals surface area contributed by atoms with Gasteiger partial charge in [0.15, 0.2) is 6.10 Å². The lowest BCUT2D eigenvalue weighted by Gasteiger charge is -2.16. The Kier molecular flexibility index (Phi) is 4.19. The first-order chi connectivity index (χ1) is 6.50. The highest BCUT2D eigenvalue weighted by Crippen LogP contribution is 2.24. The van der Waals surface area contributed by atoms with Crippen LogP contribution in [0.1, 0.15) is 25.7 Å². The lowest BCUT2D eigenvalue weighted by atomic mass is 10.1. The summed E-state index contributed by atoms with van der Waals surface area (Å²) in [6.07, 6.45) is -2.20. The van der Waals surface area contributed by atoms with Gasteiger partial charge in [-0.2, -0.15) is 13.2 Å². The highest BCUT2D eigenvalue weighted by Gasteiger charge is 2.37. The van der Waals surface area contributed by atoms with Crippen LogP contribution >= 0.6 is 0 Å². The minimum Gasteiger partial charge on any atom is -0.382 e. The van der Waals surface area contributed by atoms with Crippen LogP contribution in [0.2, 0.25) is 0 Å². The van der Waals surface area contributed by atoms with Crippen molar-refractivity contribution in [1.29, 1.82) is 0 Å². The highest BCUT2D eigenvalue weighted by atomic mass is 19.4. The Morgan fingerprint density at radius 2 is 1.86 bits per heavy atom. The summed E-state index contributed by atoms with van der Waals surface area (Å²) in [4.78, 5) is 0. The predicted octanol–water partition coefficient (Wildman–Crippen LogP) is 1.69. The Balaban J connectivity index is 2.08. The van der Waals surface area contributed by atoms with Gasteiger partial charge >= 0.3 is 6.18 Å². The molecule has 1 saturated carbocycles. The first-order valence-electron chi connectivity index (χ1n) is 4.95. The number of hydrogen-bond acceptors (Lipinski definition) is 2. The zero-order valence-electron chi connectivity index (χ0n) is 7.98. The van der Waals surface area contributed by atoms with Gasteiger partial charge in [-0.05, 0) is 25.3 Å². The molecule has 0 saturated heterocycles. The van der Waals surface area contributed by atoms with Crippen LogP contribution in [-0.2, 0) is 0 Å². The molecule has 0 aromatic heterocycles. The summed E-state index contributed by atoms with van der Waals surface area (Å²) in [7, 11) is 0. The molecule has 1 atom stereocenters. The van der Waals surface area contributed by atoms with Gasteiger partial charge in [-0.25, -0.2) is 0 Å². The van der Waals surface area contributed by atoms with Crippen molar-refractivity contribution in [2.45, 2.75) is 38.0 Å². The minimum atomic E-state index is -4.50. The molecule has 0 radical (unpaired) electrons. The van der Waals surface area contributed by atoms with E-state index in [2.05, 4.69) is 5.32 Å². The van der Waals surface area contributed by atoms with E-state index in [4.69, 9.17) is 5.11 Å². The molecule has 0 aliphatic heterocycles. The zero-order valence-corrected chi connectivity index (χ0v) is 7.98. The SMILES string of the molecule is OC(CNCC1CCCC1)C(F)(F)F. The predicted molar refractivity (Wildman–Crippen MR) is 46.9 cm³/mol. The van der Waals surface area contributed by atoms with Crippen LogP contribution in [0.4, 0.5) is 13.2 Å². The van der Waals surface area contributed by atoms with Crippen molar-refractivity contribution in [1.82, 2.24) is 5.32 Å². The third-order valence-electron chi connectivity index (χ3n) is 2.62. The number of hydrogen-bond donors (Lipinski definition) is 2. The van der Waals surface area contributed by atoms with Crippen molar-refractivity contribution >= 4 is 0 Å². The second kappa shape index (κ2) is 4.98. The minimum absolute atomic E-state index is 0.389. The van der Waals surface area contributed by atoms with Gasteiger partial charge < -0.3 is 10.4 Å². The number of aliphatic hydroxyl groups excluding tert-OH is 1. The molecule has 0 aromatic rings. The van der Waals surface area contributed by atoms with Crippen molar-refractivity contribution in [2.75, 3.05) is 13.1 Å². The maximum Gasteiger partial charge on any atom is 0.415 e. The number of alkyl halides is 3. The molecule has 2 nitrogen and oxygen atoms in total. The topological polar surface area (TPSA) is 32.3 Å². The van der Waals surface area contributed by atoms with Gasteiger partial charge in [0.1, 0.15) is 0 Å². The molecule has 14 heavy (non-hydrogen) atoms. The summed E-state index contributed by atoms with van der Waals surface area (Å²) in [5, 5.41) is 11.3. The van der Waals surface area contributed by atoms with E-state index in [0.717, 1.165) is 12.8 Å². The summed E-state index contributed by atoms with van der Waals surface area (Å²) in [6.45, 7) is 0.202. The van der Waals surface area contributed by atoms with Crippen LogP contribution in [0.25, 0.3) is 0 Å². The van der Waals surface area contributed by atoms with E-state index < -0.39 is 12.3 Å². The summed E-state index contributed by atoms with van der Waals surface area (Å²) in [5.41, 5.74) is 0. The fourth-order valence-corrected chi connectivity index (χ4v) is 1.75. The molecular weight excluding hydrogens is 195 g/mol. The Labute approximate surface area is 81.5 Å². The van der Waals surface area contributed by atoms with Gasteiger partial charge in [-0.3, -0.25) is 0 Å². The maximum atomic E-state index is 11.9. The molecule has 0 amide bonds. The van der Waals surface area contributed by atoms with E-state index in [1.54, 1.807) is 0 Å². The zero-order chi connectivity index (χ0) is 10.6. The summed E-state index contributed by atoms with van der Waals surface area (Å²) < 4.78 is 35.6. The molecule has 1 aliphatic rings. The fourth-order valence-electron chi connectivity index (χ4n) is 1.75. The van der Waals surface area contributed by atoms with Gasteiger partial charge in [0.05, 0.1) is 0 Å². The van der Waals surface area contributed by atoms with Crippen LogP contribution in [0, 0.1) is 5.92 Å². The van der Waals surface area contributed by atoms with Gasteiger partial charge in [0.25, 0.3) is 0 Å². The monoisotopic (exact) mass is 211 g/mol. The lowest BCUT2D eigenvalue weighted by Crippen LogP contribution is -2.39. The van der Waals surface area contributed by atoms with Crippen LogP contribution in [-0.4, -0.2) is 30.5 Å². The molecule has 1 unspecified atom stereocenters. The largest absolute Gasteiger partial charge is 0.415 e. The average molecular weight is 211 g/mol. The Bertz CT molecular complexity index is 166. The van der Waals surface area contributed by atoms with E-state index in [1.165, 1.54) is 12.8 Å². The van der Waals surface area contributed by atoms with E-state index >= 15 is 0 Å². The van der Waals surface area contributed by atoms with Crippen LogP contribution in [0.5, 0.6) is 0 Å². The molecule has 1 fully saturated rings. The Hall–Kier alpha value is -0.290. The van der Waals surface area contributed by atoms with Crippen molar-refractivity contribution in [3.8, 4) is 0 Å². The molecule has 0 bridgehead atoms. The maximum absolute atomic E-state index is 11.9. The van der Waals surface area contributed by atoms with E-state index in [0.29, 0.717) is 12.5 Å². The molecule has 0 spiro atoms. The van der Waals surface area contributed by atoms with Crippen molar-refractivity contribution in [3.63, 3.8) is 0 Å². The van der Waals surface area contributed by atoms with Crippen molar-refractivity contribution < 1.29 is 18.3 Å². The third-order valence-corrected chi connectivity index (χ3v) is 2.62. The standard InChI is InChI=1S/C9H16F3NO/c10-9(11,12)8(14)6-13-5-7-3-1-2-4-7/h7-8,13-14H,1-6H2. The van der Waals surface area contributed by atoms with E-state index in [-0.39, 0.29) is 6.54 Å². The summed E-state index contributed by atoms with van der Waals surface area (Å²) in [6, 6.07) is 0. The van der Waals surface area contributed by atoms with E-state index in [1.807, 2.05) is 0 Å². The van der Waals surface area contributed by atoms with Gasteiger partial charge in [-0.1, -0.05) is 12.8 Å². The lowest BCUT2D eigenvalue weighted by molar-refractivity contribution is -0.201. The summed E-state index contributed by atoms with van der Waals surface area (Å²) >= 11 is 0. The van der Waals surface area contributed by atoms with Crippen molar-refractivity contribution in [3.05, 3.63) is 0 Å². The molecular formula is C9H16F3NO. The first-order valence-corrected chi connectivity index (χ1v) is 4.95. The molecule has 0 aromatic carbocycles. The molecule has 2 N–H and O–H groups in total. The van der Waals surface area contributed by atoms with Crippen LogP contribution in [0.3, 0.4) is 0 Å². The number of aliphatic hydroxyl groups is 1. The molecule has 1 rings (SSSR count). The second-order valence-electron chi connectivity index (χ2n) is 3.87. The third kappa shape index (κ3) is 3.84. The fraction of sp³-hybridized carbons (Fsp3) is 1.00. The Morgan fingerprint density at radius 3 is 2.36 bits per heavy atom. The van der Waals surface area contributed by atoms with Crippen LogP contribution in [0.15, 0.2) is 0 Å². The first kappa shape index (κ1) is 11.8. The smallest absolute Gasteiger partial charge is 0.382 e. The average Bonchev–Trinajstić information content (AvgIpc) is 2.55. The van der Waals surface area contributed by atoms with Crippen LogP contribution < -0.4 is 5.32 Å². The van der Waals surface area contributed by atoms with Gasteiger partial charge in [0, 0.05) is 6.54 Å². The number of halogens is 3. The van der Waals surface area contributed by atoms with E-state index in [9.17, 15) is 13.2 Å². The normalized spacial score (nSPS) is 21.4. The molecule has 5 heteroatoms.